The lowest BCUT2D eigenvalue weighted by atomic mass is 9.82. The van der Waals surface area contributed by atoms with Gasteiger partial charge in [0.05, 0.1) is 22.4 Å². The molecule has 7 aromatic rings. The van der Waals surface area contributed by atoms with Crippen molar-refractivity contribution >= 4 is 39.0 Å². The minimum absolute atomic E-state index is 0.102. The summed E-state index contributed by atoms with van der Waals surface area (Å²) in [5, 5.41) is 2.26. The molecule has 2 heteroatoms. The lowest BCUT2D eigenvalue weighted by molar-refractivity contribution is 0.660. The lowest BCUT2D eigenvalue weighted by Gasteiger charge is -2.31. The molecule has 0 amide bonds. The molecule has 0 atom stereocenters. The molecule has 44 heavy (non-hydrogen) atoms. The Kier molecular flexibility index (Phi) is 5.05. The Morgan fingerprint density at radius 2 is 0.886 bits per heavy atom. The van der Waals surface area contributed by atoms with Crippen LogP contribution in [0.25, 0.3) is 44.2 Å². The van der Waals surface area contributed by atoms with E-state index >= 15 is 0 Å². The van der Waals surface area contributed by atoms with E-state index in [9.17, 15) is 0 Å². The van der Waals surface area contributed by atoms with Crippen molar-refractivity contribution in [2.75, 3.05) is 4.90 Å². The zero-order chi connectivity index (χ0) is 29.8. The van der Waals surface area contributed by atoms with Crippen LogP contribution in [0.15, 0.2) is 132 Å². The van der Waals surface area contributed by atoms with Crippen LogP contribution in [0.3, 0.4) is 0 Å². The molecule has 0 aliphatic heterocycles. The molecule has 1 heterocycles. The normalized spacial score (nSPS) is 15.2. The Balaban J connectivity index is 1.44. The second-order valence-corrected chi connectivity index (χ2v) is 13.3. The number of nitrogens with zero attached hydrogens (tertiary/aromatic N) is 1. The van der Waals surface area contributed by atoms with Crippen LogP contribution in [0.2, 0.25) is 0 Å². The van der Waals surface area contributed by atoms with Crippen molar-refractivity contribution < 1.29 is 4.42 Å². The minimum Gasteiger partial charge on any atom is -0.456 e. The highest BCUT2D eigenvalue weighted by Crippen LogP contribution is 2.58. The Hall–Kier alpha value is -5.08. The molecule has 0 unspecified atom stereocenters. The third kappa shape index (κ3) is 3.20. The first kappa shape index (κ1) is 25.4. The number of hydrogen-bond acceptors (Lipinski definition) is 2. The summed E-state index contributed by atoms with van der Waals surface area (Å²) in [6.07, 6.45) is 0. The van der Waals surface area contributed by atoms with Gasteiger partial charge >= 0.3 is 0 Å². The van der Waals surface area contributed by atoms with Crippen molar-refractivity contribution in [2.45, 2.75) is 38.5 Å². The first-order valence-corrected chi connectivity index (χ1v) is 15.5. The third-order valence-electron chi connectivity index (χ3n) is 10.3. The number of hydrogen-bond donors (Lipinski definition) is 0. The van der Waals surface area contributed by atoms with E-state index in [0.29, 0.717) is 0 Å². The highest BCUT2D eigenvalue weighted by Gasteiger charge is 2.41. The molecule has 2 aliphatic rings. The fourth-order valence-electron chi connectivity index (χ4n) is 8.17. The second kappa shape index (κ2) is 8.74. The highest BCUT2D eigenvalue weighted by molar-refractivity contribution is 6.15. The van der Waals surface area contributed by atoms with E-state index < -0.39 is 0 Å². The molecule has 0 saturated carbocycles. The van der Waals surface area contributed by atoms with E-state index in [1.807, 2.05) is 6.07 Å². The maximum atomic E-state index is 6.45. The molecule has 212 valence electrons. The first-order chi connectivity index (χ1) is 21.4. The van der Waals surface area contributed by atoms with Gasteiger partial charge < -0.3 is 9.32 Å². The van der Waals surface area contributed by atoms with Crippen LogP contribution in [0.5, 0.6) is 0 Å². The third-order valence-corrected chi connectivity index (χ3v) is 10.3. The molecule has 9 rings (SSSR count). The van der Waals surface area contributed by atoms with Crippen molar-refractivity contribution in [3.63, 3.8) is 0 Å². The summed E-state index contributed by atoms with van der Waals surface area (Å²) in [5.74, 6) is 0. The van der Waals surface area contributed by atoms with Gasteiger partial charge in [-0.25, -0.2) is 0 Å². The number of rotatable bonds is 3. The number of benzene rings is 6. The van der Waals surface area contributed by atoms with E-state index in [1.165, 1.54) is 55.9 Å². The van der Waals surface area contributed by atoms with Gasteiger partial charge in [0, 0.05) is 27.3 Å². The summed E-state index contributed by atoms with van der Waals surface area (Å²) in [6.45, 7) is 9.42. The van der Waals surface area contributed by atoms with Gasteiger partial charge in [0.2, 0.25) is 0 Å². The van der Waals surface area contributed by atoms with Crippen LogP contribution in [0, 0.1) is 0 Å². The molecule has 0 spiro atoms. The summed E-state index contributed by atoms with van der Waals surface area (Å²) in [5.41, 5.74) is 15.8. The predicted octanol–water partition coefficient (Wildman–Crippen LogP) is 11.7. The molecule has 6 aromatic carbocycles. The maximum Gasteiger partial charge on any atom is 0.137 e. The molecule has 0 radical (unpaired) electrons. The van der Waals surface area contributed by atoms with Crippen LogP contribution >= 0.6 is 0 Å². The maximum absolute atomic E-state index is 6.45. The lowest BCUT2D eigenvalue weighted by Crippen LogP contribution is -2.17. The van der Waals surface area contributed by atoms with Crippen molar-refractivity contribution in [2.24, 2.45) is 0 Å². The molecule has 1 aromatic heterocycles. The van der Waals surface area contributed by atoms with Crippen LogP contribution in [0.1, 0.15) is 49.9 Å². The van der Waals surface area contributed by atoms with Gasteiger partial charge in [-0.3, -0.25) is 0 Å². The van der Waals surface area contributed by atoms with Gasteiger partial charge in [-0.15, -0.1) is 0 Å². The number of anilines is 3. The largest absolute Gasteiger partial charge is 0.456 e. The Morgan fingerprint density at radius 3 is 1.50 bits per heavy atom. The summed E-state index contributed by atoms with van der Waals surface area (Å²) < 4.78 is 6.45. The molecule has 2 nitrogen and oxygen atoms in total. The summed E-state index contributed by atoms with van der Waals surface area (Å²) in [7, 11) is 0. The molecular weight excluding hydrogens is 534 g/mol. The molecule has 0 fully saturated rings. The number of furan rings is 1. The Morgan fingerprint density at radius 1 is 0.432 bits per heavy atom. The standard InChI is InChI=1S/C42H33NO/c1-41(2)29-17-8-5-14-26(29)38-31(41)19-11-21-33(38)43(35-23-13-25-37-40(35)28-16-7-10-24-36(28)44-37)34-22-12-20-32-39(34)27-15-6-9-18-30(27)42(32,3)4/h5-25H,1-4H3. The molecule has 0 N–H and O–H groups in total. The minimum atomic E-state index is -0.102. The average Bonchev–Trinajstić information content (AvgIpc) is 3.62. The molecule has 0 saturated heterocycles. The quantitative estimate of drug-likeness (QED) is 0.211. The molecular formula is C42H33NO. The van der Waals surface area contributed by atoms with Crippen molar-refractivity contribution in [1.29, 1.82) is 0 Å². The zero-order valence-electron chi connectivity index (χ0n) is 25.5. The van der Waals surface area contributed by atoms with Gasteiger partial charge in [-0.2, -0.15) is 0 Å². The number of para-hydroxylation sites is 1. The Labute approximate surface area is 258 Å². The average molecular weight is 568 g/mol. The van der Waals surface area contributed by atoms with Gasteiger partial charge in [0.15, 0.2) is 0 Å². The SMILES string of the molecule is CC1(C)c2ccccc2-c2c(N(c3cccc4c3-c3ccccc3C4(C)C)c3cccc4oc5ccccc5c34)cccc21. The molecule has 0 bridgehead atoms. The van der Waals surface area contributed by atoms with Gasteiger partial charge in [-0.05, 0) is 63.7 Å². The van der Waals surface area contributed by atoms with E-state index in [-0.39, 0.29) is 10.8 Å². The van der Waals surface area contributed by atoms with Crippen LogP contribution in [0.4, 0.5) is 17.1 Å². The van der Waals surface area contributed by atoms with Gasteiger partial charge in [-0.1, -0.05) is 125 Å². The van der Waals surface area contributed by atoms with Crippen molar-refractivity contribution in [3.05, 3.63) is 150 Å². The fourth-order valence-corrected chi connectivity index (χ4v) is 8.17. The monoisotopic (exact) mass is 567 g/mol. The topological polar surface area (TPSA) is 16.4 Å². The first-order valence-electron chi connectivity index (χ1n) is 15.5. The zero-order valence-corrected chi connectivity index (χ0v) is 25.5. The van der Waals surface area contributed by atoms with Crippen LogP contribution in [-0.2, 0) is 10.8 Å². The van der Waals surface area contributed by atoms with E-state index in [4.69, 9.17) is 4.42 Å². The Bertz CT molecular complexity index is 2190. The predicted molar refractivity (Wildman–Crippen MR) is 184 cm³/mol. The second-order valence-electron chi connectivity index (χ2n) is 13.3. The highest BCUT2D eigenvalue weighted by atomic mass is 16.3. The number of fused-ring (bicyclic) bond motifs is 9. The van der Waals surface area contributed by atoms with E-state index in [0.717, 1.165) is 27.6 Å². The summed E-state index contributed by atoms with van der Waals surface area (Å²) in [4.78, 5) is 2.53. The van der Waals surface area contributed by atoms with E-state index in [1.54, 1.807) is 0 Å². The summed E-state index contributed by atoms with van der Waals surface area (Å²) >= 11 is 0. The van der Waals surface area contributed by atoms with Gasteiger partial charge in [0.1, 0.15) is 11.2 Å². The van der Waals surface area contributed by atoms with Gasteiger partial charge in [0.25, 0.3) is 0 Å². The molecule has 2 aliphatic carbocycles. The van der Waals surface area contributed by atoms with Crippen molar-refractivity contribution in [1.82, 2.24) is 0 Å². The summed E-state index contributed by atoms with van der Waals surface area (Å²) in [6, 6.07) is 46.5. The fraction of sp³-hybridized carbons (Fsp3) is 0.143. The van der Waals surface area contributed by atoms with E-state index in [2.05, 4.69) is 154 Å². The van der Waals surface area contributed by atoms with Crippen LogP contribution < -0.4 is 4.90 Å². The van der Waals surface area contributed by atoms with Crippen LogP contribution in [-0.4, -0.2) is 0 Å². The smallest absolute Gasteiger partial charge is 0.137 e. The van der Waals surface area contributed by atoms with Crippen molar-refractivity contribution in [3.8, 4) is 22.3 Å².